The maximum Gasteiger partial charge on any atom is 0.310 e. The molecule has 0 aliphatic carbocycles. The summed E-state index contributed by atoms with van der Waals surface area (Å²) in [5.41, 5.74) is 6.56. The van der Waals surface area contributed by atoms with Crippen molar-refractivity contribution < 1.29 is 9.53 Å². The van der Waals surface area contributed by atoms with Gasteiger partial charge in [0, 0.05) is 19.3 Å². The van der Waals surface area contributed by atoms with E-state index >= 15 is 0 Å². The third-order valence-electron chi connectivity index (χ3n) is 2.44. The number of aryl methyl sites for hydroxylation is 1. The van der Waals surface area contributed by atoms with Crippen LogP contribution in [0.5, 0.6) is 0 Å². The van der Waals surface area contributed by atoms with E-state index < -0.39 is 0 Å². The summed E-state index contributed by atoms with van der Waals surface area (Å²) in [7, 11) is 1.38. The number of hydrogen-bond acceptors (Lipinski definition) is 4. The Morgan fingerprint density at radius 2 is 2.44 bits per heavy atom. The number of rotatable bonds is 6. The Kier molecular flexibility index (Phi) is 4.98. The van der Waals surface area contributed by atoms with Crippen LogP contribution >= 0.6 is 0 Å². The van der Waals surface area contributed by atoms with Crippen LogP contribution in [0, 0.1) is 5.92 Å². The van der Waals surface area contributed by atoms with Gasteiger partial charge in [-0.15, -0.1) is 0 Å². The minimum absolute atomic E-state index is 0.259. The number of hydrogen-bond donors (Lipinski definition) is 1. The fourth-order valence-electron chi connectivity index (χ4n) is 1.58. The van der Waals surface area contributed by atoms with E-state index in [9.17, 15) is 4.79 Å². The minimum Gasteiger partial charge on any atom is -0.469 e. The molecule has 90 valence electrons. The Bertz CT molecular complexity index is 336. The molecular weight excluding hydrogens is 206 g/mol. The average Bonchev–Trinajstić information content (AvgIpc) is 2.73. The standard InChI is InChI=1S/C11H19N3O2/c1-3-4-14-8-9(7-13-14)5-10(6-12)11(15)16-2/h7-8,10H,3-6,12H2,1-2H3. The van der Waals surface area contributed by atoms with Crippen molar-refractivity contribution in [1.29, 1.82) is 0 Å². The van der Waals surface area contributed by atoms with Crippen LogP contribution in [0.25, 0.3) is 0 Å². The van der Waals surface area contributed by atoms with E-state index in [2.05, 4.69) is 16.8 Å². The molecule has 0 amide bonds. The maximum absolute atomic E-state index is 11.4. The lowest BCUT2D eigenvalue weighted by molar-refractivity contribution is -0.145. The minimum atomic E-state index is -0.274. The highest BCUT2D eigenvalue weighted by Crippen LogP contribution is 2.09. The van der Waals surface area contributed by atoms with Gasteiger partial charge in [0.05, 0.1) is 19.2 Å². The number of ether oxygens (including phenoxy) is 1. The van der Waals surface area contributed by atoms with Crippen molar-refractivity contribution in [2.45, 2.75) is 26.3 Å². The van der Waals surface area contributed by atoms with Crippen molar-refractivity contribution in [2.75, 3.05) is 13.7 Å². The first-order valence-electron chi connectivity index (χ1n) is 5.50. The summed E-state index contributed by atoms with van der Waals surface area (Å²) < 4.78 is 6.56. The Morgan fingerprint density at radius 1 is 1.69 bits per heavy atom. The predicted octanol–water partition coefficient (Wildman–Crippen LogP) is 0.583. The second-order valence-electron chi connectivity index (χ2n) is 3.77. The van der Waals surface area contributed by atoms with Crippen molar-refractivity contribution in [3.63, 3.8) is 0 Å². The molecule has 0 aliphatic heterocycles. The summed E-state index contributed by atoms with van der Waals surface area (Å²) in [6.45, 7) is 3.29. The first-order valence-corrected chi connectivity index (χ1v) is 5.50. The summed E-state index contributed by atoms with van der Waals surface area (Å²) in [6, 6.07) is 0. The zero-order valence-corrected chi connectivity index (χ0v) is 9.85. The second-order valence-corrected chi connectivity index (χ2v) is 3.77. The highest BCUT2D eigenvalue weighted by Gasteiger charge is 2.18. The van der Waals surface area contributed by atoms with E-state index in [0.29, 0.717) is 13.0 Å². The van der Waals surface area contributed by atoms with Gasteiger partial charge in [-0.2, -0.15) is 5.10 Å². The van der Waals surface area contributed by atoms with Gasteiger partial charge in [0.1, 0.15) is 0 Å². The molecule has 0 aromatic carbocycles. The summed E-state index contributed by atoms with van der Waals surface area (Å²) in [4.78, 5) is 11.4. The lowest BCUT2D eigenvalue weighted by Gasteiger charge is -2.10. The number of carbonyl (C=O) groups excluding carboxylic acids is 1. The van der Waals surface area contributed by atoms with E-state index in [1.54, 1.807) is 6.20 Å². The Hall–Kier alpha value is -1.36. The molecule has 2 N–H and O–H groups in total. The molecule has 1 atom stereocenters. The zero-order chi connectivity index (χ0) is 12.0. The molecule has 5 nitrogen and oxygen atoms in total. The number of aromatic nitrogens is 2. The lowest BCUT2D eigenvalue weighted by Crippen LogP contribution is -2.26. The molecule has 0 fully saturated rings. The van der Waals surface area contributed by atoms with Gasteiger partial charge in [0.2, 0.25) is 0 Å². The maximum atomic E-state index is 11.4. The molecule has 1 aromatic rings. The number of carbonyl (C=O) groups is 1. The van der Waals surface area contributed by atoms with Gasteiger partial charge in [-0.1, -0.05) is 6.92 Å². The largest absolute Gasteiger partial charge is 0.469 e. The van der Waals surface area contributed by atoms with Crippen LogP contribution < -0.4 is 5.73 Å². The van der Waals surface area contributed by atoms with Gasteiger partial charge in [0.15, 0.2) is 0 Å². The van der Waals surface area contributed by atoms with E-state index in [4.69, 9.17) is 5.73 Å². The average molecular weight is 225 g/mol. The number of esters is 1. The quantitative estimate of drug-likeness (QED) is 0.719. The molecule has 0 spiro atoms. The molecule has 0 saturated heterocycles. The molecule has 0 radical (unpaired) electrons. The number of nitrogens with zero attached hydrogens (tertiary/aromatic N) is 2. The molecule has 1 unspecified atom stereocenters. The molecule has 0 saturated carbocycles. The van der Waals surface area contributed by atoms with Crippen LogP contribution in [0.15, 0.2) is 12.4 Å². The Morgan fingerprint density at radius 3 is 3.00 bits per heavy atom. The SMILES string of the molecule is CCCn1cc(CC(CN)C(=O)OC)cn1. The monoisotopic (exact) mass is 225 g/mol. The summed E-state index contributed by atoms with van der Waals surface area (Å²) in [6.07, 6.45) is 5.36. The lowest BCUT2D eigenvalue weighted by atomic mass is 10.0. The van der Waals surface area contributed by atoms with Crippen molar-refractivity contribution in [2.24, 2.45) is 11.7 Å². The molecule has 1 heterocycles. The smallest absolute Gasteiger partial charge is 0.310 e. The fourth-order valence-corrected chi connectivity index (χ4v) is 1.58. The molecule has 0 aliphatic rings. The molecule has 1 rings (SSSR count). The fraction of sp³-hybridized carbons (Fsp3) is 0.636. The van der Waals surface area contributed by atoms with Crippen molar-refractivity contribution in [3.05, 3.63) is 18.0 Å². The first kappa shape index (κ1) is 12.7. The summed E-state index contributed by atoms with van der Waals surface area (Å²) >= 11 is 0. The van der Waals surface area contributed by atoms with Crippen LogP contribution in [0.2, 0.25) is 0 Å². The van der Waals surface area contributed by atoms with Gasteiger partial charge >= 0.3 is 5.97 Å². The van der Waals surface area contributed by atoms with Crippen molar-refractivity contribution in [3.8, 4) is 0 Å². The van der Waals surface area contributed by atoms with E-state index in [0.717, 1.165) is 18.5 Å². The van der Waals surface area contributed by atoms with Crippen LogP contribution in [0.3, 0.4) is 0 Å². The Labute approximate surface area is 95.6 Å². The van der Waals surface area contributed by atoms with Gasteiger partial charge in [-0.05, 0) is 18.4 Å². The number of methoxy groups -OCH3 is 1. The molecule has 1 aromatic heterocycles. The number of nitrogens with two attached hydrogens (primary N) is 1. The second kappa shape index (κ2) is 6.27. The third kappa shape index (κ3) is 3.34. The van der Waals surface area contributed by atoms with E-state index in [1.165, 1.54) is 7.11 Å². The molecule has 5 heteroatoms. The van der Waals surface area contributed by atoms with Crippen LogP contribution in [0.1, 0.15) is 18.9 Å². The van der Waals surface area contributed by atoms with Gasteiger partial charge in [-0.25, -0.2) is 0 Å². The third-order valence-corrected chi connectivity index (χ3v) is 2.44. The first-order chi connectivity index (χ1) is 7.71. The molecule has 16 heavy (non-hydrogen) atoms. The van der Waals surface area contributed by atoms with Crippen LogP contribution in [-0.2, 0) is 22.5 Å². The molecule has 0 bridgehead atoms. The van der Waals surface area contributed by atoms with Gasteiger partial charge < -0.3 is 10.5 Å². The van der Waals surface area contributed by atoms with Crippen LogP contribution in [0.4, 0.5) is 0 Å². The highest BCUT2D eigenvalue weighted by atomic mass is 16.5. The highest BCUT2D eigenvalue weighted by molar-refractivity contribution is 5.72. The summed E-state index contributed by atoms with van der Waals surface area (Å²) in [5, 5.41) is 4.20. The van der Waals surface area contributed by atoms with E-state index in [-0.39, 0.29) is 11.9 Å². The van der Waals surface area contributed by atoms with Crippen molar-refractivity contribution in [1.82, 2.24) is 9.78 Å². The van der Waals surface area contributed by atoms with Gasteiger partial charge in [-0.3, -0.25) is 9.48 Å². The molecular formula is C11H19N3O2. The predicted molar refractivity (Wildman–Crippen MR) is 60.8 cm³/mol. The van der Waals surface area contributed by atoms with E-state index in [1.807, 2.05) is 10.9 Å². The van der Waals surface area contributed by atoms with Crippen LogP contribution in [-0.4, -0.2) is 29.4 Å². The van der Waals surface area contributed by atoms with Crippen molar-refractivity contribution >= 4 is 5.97 Å². The summed E-state index contributed by atoms with van der Waals surface area (Å²) in [5.74, 6) is -0.532. The normalized spacial score (nSPS) is 12.4. The zero-order valence-electron chi connectivity index (χ0n) is 9.85. The Balaban J connectivity index is 2.59. The van der Waals surface area contributed by atoms with Gasteiger partial charge in [0.25, 0.3) is 0 Å². The topological polar surface area (TPSA) is 70.1 Å².